The van der Waals surface area contributed by atoms with Crippen molar-refractivity contribution >= 4 is 11.0 Å². The van der Waals surface area contributed by atoms with E-state index >= 15 is 0 Å². The zero-order valence-electron chi connectivity index (χ0n) is 43.4. The van der Waals surface area contributed by atoms with E-state index < -0.39 is 0 Å². The molecule has 0 saturated heterocycles. The Hall–Kier alpha value is -7.82. The minimum atomic E-state index is -0.173. The van der Waals surface area contributed by atoms with Crippen molar-refractivity contribution in [2.24, 2.45) is 0 Å². The van der Waals surface area contributed by atoms with Crippen molar-refractivity contribution in [1.82, 2.24) is 14.5 Å². The number of phenolic OH excluding ortho intramolecular Hbond substituents is 1. The summed E-state index contributed by atoms with van der Waals surface area (Å²) in [6, 6.07) is 67.7. The molecule has 4 heteroatoms. The fourth-order valence-corrected chi connectivity index (χ4v) is 10.1. The molecule has 0 atom stereocenters. The number of para-hydroxylation sites is 1. The van der Waals surface area contributed by atoms with Gasteiger partial charge in [-0.15, -0.1) is 0 Å². The first kappa shape index (κ1) is 47.8. The summed E-state index contributed by atoms with van der Waals surface area (Å²) in [6.07, 6.45) is 1.93. The minimum absolute atomic E-state index is 0.0887. The van der Waals surface area contributed by atoms with Crippen LogP contribution >= 0.6 is 0 Å². The lowest BCUT2D eigenvalue weighted by atomic mass is 9.79. The van der Waals surface area contributed by atoms with Gasteiger partial charge in [0.25, 0.3) is 0 Å². The van der Waals surface area contributed by atoms with E-state index in [0.717, 1.165) is 83.6 Å². The maximum Gasteiger partial charge on any atom is 0.149 e. The van der Waals surface area contributed by atoms with Crippen LogP contribution in [-0.2, 0) is 10.8 Å². The quantitative estimate of drug-likeness (QED) is 0.149. The summed E-state index contributed by atoms with van der Waals surface area (Å²) in [5, 5.41) is 12.6. The topological polar surface area (TPSA) is 50.9 Å². The zero-order chi connectivity index (χ0) is 50.5. The maximum absolute atomic E-state index is 12.6. The highest BCUT2D eigenvalue weighted by molar-refractivity contribution is 5.98. The second-order valence-corrected chi connectivity index (χ2v) is 22.1. The number of phenols is 1. The predicted molar refractivity (Wildman–Crippen MR) is 304 cm³/mol. The monoisotopic (exact) mass is 940 g/mol. The smallest absolute Gasteiger partial charge is 0.149 e. The van der Waals surface area contributed by atoms with Gasteiger partial charge in [0.05, 0.1) is 28.0 Å². The third-order valence-corrected chi connectivity index (χ3v) is 14.2. The maximum atomic E-state index is 12.6. The standard InChI is InChI=1S/C68H65N3O/c1-43(2)51-38-56(44(3)4)65(72)59(39-51)66-70-64-55(27-20-28-62(64)71(66)63-42-57(48-23-16-12-17-24-48)60(68(8,9)10)41-58(63)49-25-18-13-19-26-49)52-35-53(37-54(36-52)67(5,6)7)61-40-50(33-34-69-61)47-31-29-46(30-32-47)45-21-14-11-15-22-45/h11-44,72H,1-10H3. The van der Waals surface area contributed by atoms with Gasteiger partial charge in [0.15, 0.2) is 0 Å². The molecular formula is C68H65N3O. The van der Waals surface area contributed by atoms with Gasteiger partial charge in [0.1, 0.15) is 11.6 Å². The molecule has 0 aliphatic rings. The molecule has 0 bridgehead atoms. The zero-order valence-corrected chi connectivity index (χ0v) is 43.4. The van der Waals surface area contributed by atoms with Gasteiger partial charge in [-0.1, -0.05) is 209 Å². The number of hydrogen-bond donors (Lipinski definition) is 1. The Kier molecular flexibility index (Phi) is 12.7. The molecule has 2 aromatic heterocycles. The van der Waals surface area contributed by atoms with Crippen LogP contribution in [0.25, 0.3) is 95.0 Å². The Balaban J connectivity index is 1.24. The molecule has 8 aromatic carbocycles. The van der Waals surface area contributed by atoms with Crippen LogP contribution in [0.1, 0.15) is 103 Å². The molecule has 0 spiro atoms. The fraction of sp³-hybridized carbons (Fsp3) is 0.206. The number of pyridine rings is 1. The highest BCUT2D eigenvalue weighted by Gasteiger charge is 2.28. The van der Waals surface area contributed by atoms with Crippen LogP contribution in [0.3, 0.4) is 0 Å². The molecule has 2 heterocycles. The van der Waals surface area contributed by atoms with Crippen LogP contribution in [0, 0.1) is 0 Å². The molecule has 358 valence electrons. The molecule has 0 aliphatic heterocycles. The van der Waals surface area contributed by atoms with Gasteiger partial charge in [0.2, 0.25) is 0 Å². The Bertz CT molecular complexity index is 3570. The summed E-state index contributed by atoms with van der Waals surface area (Å²) >= 11 is 0. The van der Waals surface area contributed by atoms with Crippen molar-refractivity contribution in [3.05, 3.63) is 217 Å². The second kappa shape index (κ2) is 19.1. The Morgan fingerprint density at radius 1 is 0.444 bits per heavy atom. The molecule has 0 fully saturated rings. The minimum Gasteiger partial charge on any atom is -0.507 e. The van der Waals surface area contributed by atoms with Crippen molar-refractivity contribution in [2.75, 3.05) is 0 Å². The number of aromatic hydroxyl groups is 1. The molecule has 1 N–H and O–H groups in total. The van der Waals surface area contributed by atoms with Crippen molar-refractivity contribution < 1.29 is 5.11 Å². The van der Waals surface area contributed by atoms with E-state index in [9.17, 15) is 5.11 Å². The Morgan fingerprint density at radius 3 is 1.62 bits per heavy atom. The van der Waals surface area contributed by atoms with Gasteiger partial charge in [-0.2, -0.15) is 0 Å². The molecule has 0 unspecified atom stereocenters. The van der Waals surface area contributed by atoms with Crippen LogP contribution in [0.4, 0.5) is 0 Å². The molecule has 10 aromatic rings. The third-order valence-electron chi connectivity index (χ3n) is 14.2. The van der Waals surface area contributed by atoms with Crippen molar-refractivity contribution in [3.63, 3.8) is 0 Å². The Morgan fingerprint density at radius 2 is 1.03 bits per heavy atom. The lowest BCUT2D eigenvalue weighted by molar-refractivity contribution is 0.466. The first-order valence-corrected chi connectivity index (χ1v) is 25.5. The summed E-state index contributed by atoms with van der Waals surface area (Å²) in [5.41, 5.74) is 20.8. The molecule has 0 saturated carbocycles. The van der Waals surface area contributed by atoms with E-state index in [2.05, 4.69) is 262 Å². The number of aromatic nitrogens is 3. The number of hydrogen-bond acceptors (Lipinski definition) is 3. The summed E-state index contributed by atoms with van der Waals surface area (Å²) in [5.74, 6) is 1.27. The number of fused-ring (bicyclic) bond motifs is 1. The van der Waals surface area contributed by atoms with Crippen LogP contribution in [0.5, 0.6) is 5.75 Å². The average molecular weight is 940 g/mol. The second-order valence-electron chi connectivity index (χ2n) is 22.1. The Labute approximate surface area is 426 Å². The number of nitrogens with zero attached hydrogens (tertiary/aromatic N) is 3. The van der Waals surface area contributed by atoms with Crippen LogP contribution in [0.2, 0.25) is 0 Å². The highest BCUT2D eigenvalue weighted by atomic mass is 16.3. The number of rotatable bonds is 10. The van der Waals surface area contributed by atoms with Gasteiger partial charge in [-0.25, -0.2) is 4.98 Å². The van der Waals surface area contributed by atoms with Gasteiger partial charge >= 0.3 is 0 Å². The SMILES string of the molecule is CC(C)c1cc(-c2nc3c(-c4cc(-c5cc(-c6ccc(-c7ccccc7)cc6)ccn5)cc(C(C)(C)C)c4)cccc3n2-c2cc(-c3ccccc3)c(C(C)(C)C)cc2-c2ccccc2)c(O)c(C(C)C)c1. The van der Waals surface area contributed by atoms with E-state index in [1.165, 1.54) is 22.3 Å². The summed E-state index contributed by atoms with van der Waals surface area (Å²) in [4.78, 5) is 10.8. The summed E-state index contributed by atoms with van der Waals surface area (Å²) in [7, 11) is 0. The first-order valence-electron chi connectivity index (χ1n) is 25.5. The average Bonchev–Trinajstić information content (AvgIpc) is 3.78. The molecular weight excluding hydrogens is 875 g/mol. The molecule has 0 aliphatic carbocycles. The largest absolute Gasteiger partial charge is 0.507 e. The van der Waals surface area contributed by atoms with E-state index in [0.29, 0.717) is 11.4 Å². The normalized spacial score (nSPS) is 12.1. The molecule has 0 radical (unpaired) electrons. The van der Waals surface area contributed by atoms with Gasteiger partial charge in [-0.05, 0) is 138 Å². The van der Waals surface area contributed by atoms with E-state index in [1.54, 1.807) is 0 Å². The number of imidazole rings is 1. The summed E-state index contributed by atoms with van der Waals surface area (Å²) < 4.78 is 2.33. The summed E-state index contributed by atoms with van der Waals surface area (Å²) in [6.45, 7) is 22.5. The molecule has 72 heavy (non-hydrogen) atoms. The van der Waals surface area contributed by atoms with Gasteiger partial charge in [-0.3, -0.25) is 9.55 Å². The van der Waals surface area contributed by atoms with Crippen LogP contribution in [-0.4, -0.2) is 19.6 Å². The third kappa shape index (κ3) is 9.30. The molecule has 10 rings (SSSR count). The van der Waals surface area contributed by atoms with Crippen molar-refractivity contribution in [2.45, 2.75) is 91.9 Å². The van der Waals surface area contributed by atoms with Crippen LogP contribution < -0.4 is 0 Å². The number of benzene rings is 8. The fourth-order valence-electron chi connectivity index (χ4n) is 10.1. The molecule has 4 nitrogen and oxygen atoms in total. The van der Waals surface area contributed by atoms with E-state index in [1.807, 2.05) is 6.20 Å². The molecule has 0 amide bonds. The lowest BCUT2D eigenvalue weighted by Gasteiger charge is -2.27. The van der Waals surface area contributed by atoms with Gasteiger partial charge in [0, 0.05) is 22.9 Å². The predicted octanol–water partition coefficient (Wildman–Crippen LogP) is 18.6. The van der Waals surface area contributed by atoms with Crippen molar-refractivity contribution in [3.8, 4) is 89.7 Å². The first-order chi connectivity index (χ1) is 34.5. The van der Waals surface area contributed by atoms with Gasteiger partial charge < -0.3 is 5.11 Å². The van der Waals surface area contributed by atoms with E-state index in [-0.39, 0.29) is 28.4 Å². The van der Waals surface area contributed by atoms with Crippen molar-refractivity contribution in [1.29, 1.82) is 0 Å². The van der Waals surface area contributed by atoms with Crippen LogP contribution in [0.15, 0.2) is 194 Å². The lowest BCUT2D eigenvalue weighted by Crippen LogP contribution is -2.14. The highest BCUT2D eigenvalue weighted by Crippen LogP contribution is 2.47. The van der Waals surface area contributed by atoms with E-state index in [4.69, 9.17) is 9.97 Å².